The first-order valence-corrected chi connectivity index (χ1v) is 2.85. The maximum atomic E-state index is 11.8. The molecule has 0 aromatic heterocycles. The molecule has 0 heterocycles. The number of alkyl halides is 1. The molecule has 57 valence electrons. The molecule has 0 amide bonds. The third-order valence-electron chi connectivity index (χ3n) is 0.651. The van der Waals surface area contributed by atoms with Crippen molar-refractivity contribution in [2.45, 2.75) is 20.2 Å². The molecule has 1 atom stereocenters. The summed E-state index contributed by atoms with van der Waals surface area (Å²) in [6, 6.07) is 0. The van der Waals surface area contributed by atoms with E-state index in [0.717, 1.165) is 5.57 Å². The number of carbonyl (C=O) groups excluding carboxylic acids is 1. The van der Waals surface area contributed by atoms with E-state index in [0.29, 0.717) is 0 Å². The van der Waals surface area contributed by atoms with Gasteiger partial charge >= 0.3 is 5.97 Å². The number of rotatable bonds is 2. The fraction of sp³-hybridized carbons (Fsp3) is 0.429. The normalized spacial score (nSPS) is 12.0. The van der Waals surface area contributed by atoms with E-state index in [2.05, 4.69) is 11.7 Å². The van der Waals surface area contributed by atoms with Gasteiger partial charge in [0.2, 0.25) is 6.36 Å². The minimum absolute atomic E-state index is 0.692. The molecule has 0 aliphatic carbocycles. The van der Waals surface area contributed by atoms with Gasteiger partial charge in [0.25, 0.3) is 0 Å². The summed E-state index contributed by atoms with van der Waals surface area (Å²) in [5, 5.41) is 0. The highest BCUT2D eigenvalue weighted by molar-refractivity contribution is 5.82. The Morgan fingerprint density at radius 1 is 1.70 bits per heavy atom. The summed E-state index contributed by atoms with van der Waals surface area (Å²) in [4.78, 5) is 10.5. The summed E-state index contributed by atoms with van der Waals surface area (Å²) in [7, 11) is 0. The van der Waals surface area contributed by atoms with Crippen LogP contribution in [0, 0.1) is 6.92 Å². The summed E-state index contributed by atoms with van der Waals surface area (Å²) in [5.41, 5.74) is 0.769. The van der Waals surface area contributed by atoms with E-state index in [-0.39, 0.29) is 0 Å². The van der Waals surface area contributed by atoms with Crippen molar-refractivity contribution in [3.05, 3.63) is 18.6 Å². The van der Waals surface area contributed by atoms with Crippen LogP contribution in [-0.4, -0.2) is 12.3 Å². The summed E-state index contributed by atoms with van der Waals surface area (Å²) >= 11 is 0. The molecular formula is C7H10FO2. The van der Waals surface area contributed by atoms with Gasteiger partial charge in [-0.3, -0.25) is 0 Å². The molecule has 1 unspecified atom stereocenters. The van der Waals surface area contributed by atoms with Crippen molar-refractivity contribution in [1.29, 1.82) is 0 Å². The third kappa shape index (κ3) is 5.28. The molecule has 2 nitrogen and oxygen atoms in total. The Morgan fingerprint density at radius 2 is 2.20 bits per heavy atom. The summed E-state index contributed by atoms with van der Waals surface area (Å²) in [5.74, 6) is -0.692. The second-order valence-corrected chi connectivity index (χ2v) is 2.07. The Hall–Kier alpha value is -0.860. The van der Waals surface area contributed by atoms with Gasteiger partial charge in [0.15, 0.2) is 0 Å². The molecule has 3 heteroatoms. The van der Waals surface area contributed by atoms with Gasteiger partial charge in [0.05, 0.1) is 0 Å². The highest BCUT2D eigenvalue weighted by Gasteiger charge is 2.02. The number of hydrogen-bond donors (Lipinski definition) is 0. The van der Waals surface area contributed by atoms with Crippen molar-refractivity contribution in [2.24, 2.45) is 0 Å². The molecule has 0 spiro atoms. The second kappa shape index (κ2) is 4.04. The lowest BCUT2D eigenvalue weighted by molar-refractivity contribution is -0.147. The average Bonchev–Trinajstić information content (AvgIpc) is 1.58. The van der Waals surface area contributed by atoms with Crippen LogP contribution < -0.4 is 0 Å². The minimum atomic E-state index is -1.77. The minimum Gasteiger partial charge on any atom is -0.428 e. The number of esters is 1. The average molecular weight is 145 g/mol. The first-order valence-electron chi connectivity index (χ1n) is 2.85. The van der Waals surface area contributed by atoms with E-state index >= 15 is 0 Å². The Bertz CT molecular complexity index is 146. The van der Waals surface area contributed by atoms with E-state index in [9.17, 15) is 9.18 Å². The van der Waals surface area contributed by atoms with Crippen LogP contribution in [0.4, 0.5) is 4.39 Å². The van der Waals surface area contributed by atoms with Crippen molar-refractivity contribution in [3.63, 3.8) is 0 Å². The standard InChI is InChI=1S/C7H10FO2/c1-5(2)4-7(9)10-6(3)8/h4,6H,3H2,1-2H3. The molecule has 0 bridgehead atoms. The van der Waals surface area contributed by atoms with Crippen LogP contribution in [0.25, 0.3) is 0 Å². The van der Waals surface area contributed by atoms with Crippen LogP contribution in [0.2, 0.25) is 0 Å². The van der Waals surface area contributed by atoms with Crippen molar-refractivity contribution in [2.75, 3.05) is 0 Å². The van der Waals surface area contributed by atoms with Crippen molar-refractivity contribution >= 4 is 5.97 Å². The smallest absolute Gasteiger partial charge is 0.333 e. The largest absolute Gasteiger partial charge is 0.428 e. The van der Waals surface area contributed by atoms with E-state index in [4.69, 9.17) is 0 Å². The Labute approximate surface area is 59.7 Å². The molecule has 0 fully saturated rings. The molecule has 0 aromatic rings. The third-order valence-corrected chi connectivity index (χ3v) is 0.651. The molecule has 1 radical (unpaired) electrons. The number of allylic oxidation sites excluding steroid dienone is 1. The summed E-state index contributed by atoms with van der Waals surface area (Å²) < 4.78 is 15.9. The summed E-state index contributed by atoms with van der Waals surface area (Å²) in [6.07, 6.45) is -0.569. The predicted octanol–water partition coefficient (Wildman–Crippen LogP) is 1.63. The molecule has 0 aliphatic heterocycles. The van der Waals surface area contributed by atoms with Gasteiger partial charge < -0.3 is 4.74 Å². The number of carbonyl (C=O) groups is 1. The zero-order valence-electron chi connectivity index (χ0n) is 6.06. The van der Waals surface area contributed by atoms with E-state index in [1.165, 1.54) is 6.08 Å². The van der Waals surface area contributed by atoms with Gasteiger partial charge in [-0.15, -0.1) is 0 Å². The van der Waals surface area contributed by atoms with Gasteiger partial charge in [-0.25, -0.2) is 9.18 Å². The maximum Gasteiger partial charge on any atom is 0.333 e. The predicted molar refractivity (Wildman–Crippen MR) is 35.8 cm³/mol. The highest BCUT2D eigenvalue weighted by Crippen LogP contribution is 1.95. The quantitative estimate of drug-likeness (QED) is 0.436. The molecule has 0 aromatic carbocycles. The molecule has 10 heavy (non-hydrogen) atoms. The van der Waals surface area contributed by atoms with Gasteiger partial charge in [-0.1, -0.05) is 5.57 Å². The fourth-order valence-corrected chi connectivity index (χ4v) is 0.396. The molecule has 0 aliphatic rings. The number of ether oxygens (including phenoxy) is 1. The molecule has 0 rings (SSSR count). The van der Waals surface area contributed by atoms with E-state index in [1.807, 2.05) is 0 Å². The van der Waals surface area contributed by atoms with Gasteiger partial charge in [0.1, 0.15) is 0 Å². The van der Waals surface area contributed by atoms with Crippen LogP contribution in [0.15, 0.2) is 11.6 Å². The van der Waals surface area contributed by atoms with Crippen molar-refractivity contribution in [1.82, 2.24) is 0 Å². The summed E-state index contributed by atoms with van der Waals surface area (Å²) in [6.45, 7) is 6.29. The van der Waals surface area contributed by atoms with Crippen LogP contribution in [-0.2, 0) is 9.53 Å². The molecule has 0 saturated carbocycles. The molecule has 0 saturated heterocycles. The maximum absolute atomic E-state index is 11.8. The second-order valence-electron chi connectivity index (χ2n) is 2.07. The molecule has 0 N–H and O–H groups in total. The van der Waals surface area contributed by atoms with Crippen LogP contribution in [0.1, 0.15) is 13.8 Å². The topological polar surface area (TPSA) is 26.3 Å². The number of halogens is 1. The van der Waals surface area contributed by atoms with E-state index in [1.54, 1.807) is 13.8 Å². The Kier molecular flexibility index (Phi) is 3.69. The van der Waals surface area contributed by atoms with Crippen LogP contribution in [0.5, 0.6) is 0 Å². The van der Waals surface area contributed by atoms with Gasteiger partial charge in [-0.05, 0) is 13.8 Å². The van der Waals surface area contributed by atoms with Crippen molar-refractivity contribution < 1.29 is 13.9 Å². The first kappa shape index (κ1) is 9.14. The SMILES string of the molecule is [CH2]C(F)OC(=O)C=C(C)C. The lowest BCUT2D eigenvalue weighted by Crippen LogP contribution is -2.07. The Morgan fingerprint density at radius 3 is 2.50 bits per heavy atom. The van der Waals surface area contributed by atoms with Gasteiger partial charge in [-0.2, -0.15) is 0 Å². The van der Waals surface area contributed by atoms with Crippen molar-refractivity contribution in [3.8, 4) is 0 Å². The van der Waals surface area contributed by atoms with Crippen LogP contribution in [0.3, 0.4) is 0 Å². The Balaban J connectivity index is 3.76. The fourth-order valence-electron chi connectivity index (χ4n) is 0.396. The monoisotopic (exact) mass is 145 g/mol. The zero-order chi connectivity index (χ0) is 8.15. The first-order chi connectivity index (χ1) is 4.52. The number of hydrogen-bond acceptors (Lipinski definition) is 2. The lowest BCUT2D eigenvalue weighted by atomic mass is 10.3. The van der Waals surface area contributed by atoms with Crippen LogP contribution >= 0.6 is 0 Å². The van der Waals surface area contributed by atoms with Gasteiger partial charge in [0, 0.05) is 13.0 Å². The van der Waals surface area contributed by atoms with E-state index < -0.39 is 12.3 Å². The zero-order valence-corrected chi connectivity index (χ0v) is 6.06. The molecular weight excluding hydrogens is 135 g/mol. The lowest BCUT2D eigenvalue weighted by Gasteiger charge is -2.00. The highest BCUT2D eigenvalue weighted by atomic mass is 19.1.